The van der Waals surface area contributed by atoms with Crippen molar-refractivity contribution in [2.75, 3.05) is 25.9 Å². The third kappa shape index (κ3) is 4.89. The number of benzene rings is 1. The SMILES string of the molecule is CC(CS(=O)(=O)N(C)CC(C)(C)CN)c1ccccc1. The average molecular weight is 298 g/mol. The summed E-state index contributed by atoms with van der Waals surface area (Å²) in [5, 5.41) is 0. The highest BCUT2D eigenvalue weighted by molar-refractivity contribution is 7.89. The van der Waals surface area contributed by atoms with E-state index < -0.39 is 10.0 Å². The molecule has 1 aromatic rings. The van der Waals surface area contributed by atoms with E-state index in [1.165, 1.54) is 4.31 Å². The van der Waals surface area contributed by atoms with Crippen LogP contribution in [0.1, 0.15) is 32.3 Å². The molecule has 0 spiro atoms. The molecule has 0 amide bonds. The molecule has 0 aliphatic carbocycles. The lowest BCUT2D eigenvalue weighted by Gasteiger charge is -2.29. The van der Waals surface area contributed by atoms with Crippen LogP contribution in [0.3, 0.4) is 0 Å². The first-order valence-electron chi connectivity index (χ1n) is 6.87. The van der Waals surface area contributed by atoms with E-state index in [0.717, 1.165) is 5.56 Å². The molecule has 1 rings (SSSR count). The number of sulfonamides is 1. The van der Waals surface area contributed by atoms with E-state index >= 15 is 0 Å². The van der Waals surface area contributed by atoms with Gasteiger partial charge in [-0.05, 0) is 23.4 Å². The van der Waals surface area contributed by atoms with Crippen molar-refractivity contribution in [1.29, 1.82) is 0 Å². The van der Waals surface area contributed by atoms with Gasteiger partial charge in [-0.15, -0.1) is 0 Å². The van der Waals surface area contributed by atoms with Crippen molar-refractivity contribution in [3.63, 3.8) is 0 Å². The maximum absolute atomic E-state index is 12.4. The third-order valence-corrected chi connectivity index (χ3v) is 5.51. The maximum atomic E-state index is 12.4. The van der Waals surface area contributed by atoms with Crippen molar-refractivity contribution in [1.82, 2.24) is 4.31 Å². The molecule has 2 N–H and O–H groups in total. The molecule has 0 aromatic heterocycles. The van der Waals surface area contributed by atoms with Gasteiger partial charge < -0.3 is 5.73 Å². The van der Waals surface area contributed by atoms with E-state index in [4.69, 9.17) is 5.73 Å². The molecule has 0 radical (unpaired) electrons. The van der Waals surface area contributed by atoms with Crippen LogP contribution in [0.4, 0.5) is 0 Å². The molecule has 0 saturated carbocycles. The largest absolute Gasteiger partial charge is 0.330 e. The van der Waals surface area contributed by atoms with Crippen LogP contribution in [0.5, 0.6) is 0 Å². The first-order chi connectivity index (χ1) is 9.18. The highest BCUT2D eigenvalue weighted by Gasteiger charge is 2.27. The summed E-state index contributed by atoms with van der Waals surface area (Å²) >= 11 is 0. The Bertz CT molecular complexity index is 512. The molecule has 1 unspecified atom stereocenters. The predicted molar refractivity (Wildman–Crippen MR) is 84.1 cm³/mol. The fraction of sp³-hybridized carbons (Fsp3) is 0.600. The minimum absolute atomic E-state index is 0.0235. The van der Waals surface area contributed by atoms with Gasteiger partial charge in [-0.1, -0.05) is 51.1 Å². The summed E-state index contributed by atoms with van der Waals surface area (Å²) < 4.78 is 26.2. The normalized spacial score (nSPS) is 14.5. The molecule has 0 heterocycles. The predicted octanol–water partition coefficient (Wildman–Crippen LogP) is 2.04. The van der Waals surface area contributed by atoms with Gasteiger partial charge in [-0.2, -0.15) is 0 Å². The van der Waals surface area contributed by atoms with E-state index in [0.29, 0.717) is 13.1 Å². The smallest absolute Gasteiger partial charge is 0.214 e. The maximum Gasteiger partial charge on any atom is 0.214 e. The van der Waals surface area contributed by atoms with Crippen molar-refractivity contribution in [3.8, 4) is 0 Å². The molecule has 1 aromatic carbocycles. The van der Waals surface area contributed by atoms with Crippen LogP contribution in [-0.4, -0.2) is 38.6 Å². The second kappa shape index (κ2) is 6.70. The van der Waals surface area contributed by atoms with Crippen LogP contribution < -0.4 is 5.73 Å². The van der Waals surface area contributed by atoms with Crippen LogP contribution in [0.25, 0.3) is 0 Å². The standard InChI is InChI=1S/C15H26N2O2S/c1-13(14-8-6-5-7-9-14)10-20(18,19)17(4)12-15(2,3)11-16/h5-9,13H,10-12,16H2,1-4H3. The van der Waals surface area contributed by atoms with E-state index in [9.17, 15) is 8.42 Å². The average Bonchev–Trinajstić information content (AvgIpc) is 2.38. The third-order valence-electron chi connectivity index (χ3n) is 3.51. The van der Waals surface area contributed by atoms with Gasteiger partial charge in [0.15, 0.2) is 0 Å². The van der Waals surface area contributed by atoms with Crippen LogP contribution in [-0.2, 0) is 10.0 Å². The van der Waals surface area contributed by atoms with E-state index in [1.54, 1.807) is 7.05 Å². The molecular formula is C15H26N2O2S. The molecule has 0 bridgehead atoms. The topological polar surface area (TPSA) is 63.4 Å². The number of hydrogen-bond donors (Lipinski definition) is 1. The molecule has 0 aliphatic rings. The molecule has 4 nitrogen and oxygen atoms in total. The summed E-state index contributed by atoms with van der Waals surface area (Å²) in [6.45, 7) is 6.78. The summed E-state index contributed by atoms with van der Waals surface area (Å²) in [5.41, 5.74) is 6.50. The molecule has 0 aliphatic heterocycles. The molecule has 1 atom stereocenters. The van der Waals surface area contributed by atoms with Crippen LogP contribution in [0.15, 0.2) is 30.3 Å². The summed E-state index contributed by atoms with van der Waals surface area (Å²) in [6.07, 6.45) is 0. The van der Waals surface area contributed by atoms with Gasteiger partial charge in [0, 0.05) is 13.6 Å². The zero-order valence-electron chi connectivity index (χ0n) is 12.8. The highest BCUT2D eigenvalue weighted by Crippen LogP contribution is 2.21. The first-order valence-corrected chi connectivity index (χ1v) is 8.48. The molecule has 5 heteroatoms. The van der Waals surface area contributed by atoms with Gasteiger partial charge in [-0.25, -0.2) is 12.7 Å². The minimum atomic E-state index is -3.27. The quantitative estimate of drug-likeness (QED) is 0.838. The van der Waals surface area contributed by atoms with E-state index in [-0.39, 0.29) is 17.1 Å². The first kappa shape index (κ1) is 17.1. The van der Waals surface area contributed by atoms with Crippen molar-refractivity contribution in [3.05, 3.63) is 35.9 Å². The lowest BCUT2D eigenvalue weighted by molar-refractivity contribution is 0.291. The minimum Gasteiger partial charge on any atom is -0.330 e. The van der Waals surface area contributed by atoms with Gasteiger partial charge in [0.2, 0.25) is 10.0 Å². The summed E-state index contributed by atoms with van der Waals surface area (Å²) in [4.78, 5) is 0. The Labute approximate surface area is 123 Å². The monoisotopic (exact) mass is 298 g/mol. The second-order valence-corrected chi connectivity index (χ2v) is 8.34. The van der Waals surface area contributed by atoms with Crippen LogP contribution in [0.2, 0.25) is 0 Å². The van der Waals surface area contributed by atoms with Crippen LogP contribution in [0, 0.1) is 5.41 Å². The Hall–Kier alpha value is -0.910. The van der Waals surface area contributed by atoms with Crippen molar-refractivity contribution in [2.45, 2.75) is 26.7 Å². The Morgan fingerprint density at radius 2 is 1.80 bits per heavy atom. The molecule has 20 heavy (non-hydrogen) atoms. The number of hydrogen-bond acceptors (Lipinski definition) is 3. The number of nitrogens with two attached hydrogens (primary N) is 1. The number of rotatable bonds is 7. The van der Waals surface area contributed by atoms with Crippen molar-refractivity contribution < 1.29 is 8.42 Å². The Balaban J connectivity index is 2.75. The molecule has 114 valence electrons. The van der Waals surface area contributed by atoms with Gasteiger partial charge in [0.05, 0.1) is 5.75 Å². The van der Waals surface area contributed by atoms with Gasteiger partial charge in [-0.3, -0.25) is 0 Å². The summed E-state index contributed by atoms with van der Waals surface area (Å²) in [6, 6.07) is 9.72. The van der Waals surface area contributed by atoms with E-state index in [1.807, 2.05) is 51.1 Å². The summed E-state index contributed by atoms with van der Waals surface area (Å²) in [5.74, 6) is 0.0957. The lowest BCUT2D eigenvalue weighted by atomic mass is 9.94. The van der Waals surface area contributed by atoms with Crippen molar-refractivity contribution >= 4 is 10.0 Å². The summed E-state index contributed by atoms with van der Waals surface area (Å²) in [7, 11) is -1.64. The van der Waals surface area contributed by atoms with Gasteiger partial charge in [0.1, 0.15) is 0 Å². The Kier molecular flexibility index (Phi) is 5.74. The van der Waals surface area contributed by atoms with Crippen molar-refractivity contribution in [2.24, 2.45) is 11.1 Å². The van der Waals surface area contributed by atoms with Gasteiger partial charge >= 0.3 is 0 Å². The lowest BCUT2D eigenvalue weighted by Crippen LogP contribution is -2.41. The molecule has 0 fully saturated rings. The number of nitrogens with zero attached hydrogens (tertiary/aromatic N) is 1. The fourth-order valence-electron chi connectivity index (χ4n) is 2.09. The fourth-order valence-corrected chi connectivity index (χ4v) is 3.71. The Morgan fingerprint density at radius 3 is 2.30 bits per heavy atom. The molecule has 0 saturated heterocycles. The highest BCUT2D eigenvalue weighted by atomic mass is 32.2. The van der Waals surface area contributed by atoms with Gasteiger partial charge in [0.25, 0.3) is 0 Å². The molecular weight excluding hydrogens is 272 g/mol. The zero-order chi connectivity index (χ0) is 15.4. The Morgan fingerprint density at radius 1 is 1.25 bits per heavy atom. The zero-order valence-corrected chi connectivity index (χ0v) is 13.7. The van der Waals surface area contributed by atoms with Crippen LogP contribution >= 0.6 is 0 Å². The van der Waals surface area contributed by atoms with E-state index in [2.05, 4.69) is 0 Å². The second-order valence-electron chi connectivity index (χ2n) is 6.21.